The van der Waals surface area contributed by atoms with Crippen LogP contribution in [0.2, 0.25) is 0 Å². The molecule has 1 N–H and O–H groups in total. The predicted octanol–water partition coefficient (Wildman–Crippen LogP) is 2.41. The summed E-state index contributed by atoms with van der Waals surface area (Å²) < 4.78 is 2.04. The third kappa shape index (κ3) is 4.01. The van der Waals surface area contributed by atoms with Crippen molar-refractivity contribution in [3.05, 3.63) is 5.82 Å². The lowest BCUT2D eigenvalue weighted by molar-refractivity contribution is -0.133. The Labute approximate surface area is 112 Å². The third-order valence-corrected chi connectivity index (χ3v) is 3.20. The topological polar surface area (TPSA) is 68.0 Å². The Morgan fingerprint density at radius 2 is 2.00 bits per heavy atom. The summed E-state index contributed by atoms with van der Waals surface area (Å²) in [6.07, 6.45) is 0.845. The Hall–Kier alpha value is -1.04. The lowest BCUT2D eigenvalue weighted by atomic mass is 10.1. The molecular weight excluding hydrogens is 250 g/mol. The molecule has 0 atom stereocenters. The smallest absolute Gasteiger partial charge is 0.313 e. The van der Waals surface area contributed by atoms with E-state index in [-0.39, 0.29) is 11.3 Å². The second-order valence-corrected chi connectivity index (χ2v) is 6.63. The summed E-state index contributed by atoms with van der Waals surface area (Å²) in [6.45, 7) is 10.5. The van der Waals surface area contributed by atoms with Crippen LogP contribution in [0.15, 0.2) is 5.16 Å². The highest BCUT2D eigenvalue weighted by Crippen LogP contribution is 2.26. The molecule has 0 aliphatic heterocycles. The number of carboxylic acid groups (broad SMARTS) is 1. The van der Waals surface area contributed by atoms with Crippen LogP contribution in [0.25, 0.3) is 0 Å². The number of aromatic nitrogens is 3. The first kappa shape index (κ1) is 15.0. The molecule has 0 aromatic carbocycles. The van der Waals surface area contributed by atoms with Crippen LogP contribution in [0.4, 0.5) is 0 Å². The second kappa shape index (κ2) is 5.73. The Balaban J connectivity index is 3.03. The minimum atomic E-state index is -0.839. The van der Waals surface area contributed by atoms with E-state index in [1.807, 2.05) is 4.57 Å². The van der Waals surface area contributed by atoms with E-state index >= 15 is 0 Å². The first-order chi connectivity index (χ1) is 8.21. The van der Waals surface area contributed by atoms with Crippen molar-refractivity contribution in [3.8, 4) is 0 Å². The molecular formula is C12H21N3O2S. The maximum Gasteiger partial charge on any atom is 0.313 e. The lowest BCUT2D eigenvalue weighted by Crippen LogP contribution is -2.26. The molecule has 1 aromatic heterocycles. The van der Waals surface area contributed by atoms with Crippen molar-refractivity contribution >= 4 is 17.7 Å². The van der Waals surface area contributed by atoms with Crippen molar-refractivity contribution in [1.29, 1.82) is 0 Å². The molecule has 1 heterocycles. The van der Waals surface area contributed by atoms with Crippen molar-refractivity contribution in [2.45, 2.75) is 51.7 Å². The van der Waals surface area contributed by atoms with Gasteiger partial charge in [-0.3, -0.25) is 4.79 Å². The first-order valence-electron chi connectivity index (χ1n) is 6.01. The van der Waals surface area contributed by atoms with Gasteiger partial charge in [-0.05, 0) is 26.7 Å². The van der Waals surface area contributed by atoms with E-state index in [0.717, 1.165) is 12.2 Å². The van der Waals surface area contributed by atoms with Crippen molar-refractivity contribution in [2.75, 3.05) is 5.75 Å². The molecule has 0 radical (unpaired) electrons. The number of thioether (sulfide) groups is 1. The molecule has 0 fully saturated rings. The molecule has 0 saturated carbocycles. The lowest BCUT2D eigenvalue weighted by Gasteiger charge is -2.25. The Morgan fingerprint density at radius 1 is 1.39 bits per heavy atom. The van der Waals surface area contributed by atoms with E-state index in [0.29, 0.717) is 11.1 Å². The quantitative estimate of drug-likeness (QED) is 0.833. The highest BCUT2D eigenvalue weighted by molar-refractivity contribution is 7.99. The van der Waals surface area contributed by atoms with E-state index in [1.54, 1.807) is 0 Å². The summed E-state index contributed by atoms with van der Waals surface area (Å²) in [7, 11) is 0. The van der Waals surface area contributed by atoms with Crippen LogP contribution in [0.3, 0.4) is 0 Å². The molecule has 0 aliphatic rings. The fourth-order valence-electron chi connectivity index (χ4n) is 1.69. The van der Waals surface area contributed by atoms with Gasteiger partial charge in [0.25, 0.3) is 0 Å². The zero-order chi connectivity index (χ0) is 13.9. The SMILES string of the molecule is CC(C)Cc1nnc(SCC(=O)O)n1C(C)(C)C. The van der Waals surface area contributed by atoms with Crippen molar-refractivity contribution in [3.63, 3.8) is 0 Å². The van der Waals surface area contributed by atoms with Crippen LogP contribution in [-0.2, 0) is 16.8 Å². The molecule has 1 aromatic rings. The van der Waals surface area contributed by atoms with Gasteiger partial charge in [-0.25, -0.2) is 0 Å². The maximum atomic E-state index is 10.6. The van der Waals surface area contributed by atoms with Crippen molar-refractivity contribution in [2.24, 2.45) is 5.92 Å². The van der Waals surface area contributed by atoms with Gasteiger partial charge in [0.2, 0.25) is 0 Å². The van der Waals surface area contributed by atoms with Gasteiger partial charge in [0.05, 0.1) is 5.75 Å². The number of nitrogens with zero attached hydrogens (tertiary/aromatic N) is 3. The molecule has 0 aliphatic carbocycles. The van der Waals surface area contributed by atoms with Crippen LogP contribution in [0.5, 0.6) is 0 Å². The van der Waals surface area contributed by atoms with Crippen molar-refractivity contribution in [1.82, 2.24) is 14.8 Å². The van der Waals surface area contributed by atoms with E-state index < -0.39 is 5.97 Å². The molecule has 1 rings (SSSR count). The monoisotopic (exact) mass is 271 g/mol. The molecule has 6 heteroatoms. The van der Waals surface area contributed by atoms with Crippen LogP contribution >= 0.6 is 11.8 Å². The minimum absolute atomic E-state index is 0.00981. The van der Waals surface area contributed by atoms with E-state index in [4.69, 9.17) is 5.11 Å². The van der Waals surface area contributed by atoms with Crippen molar-refractivity contribution < 1.29 is 9.90 Å². The average Bonchev–Trinajstić information content (AvgIpc) is 2.56. The number of carbonyl (C=O) groups is 1. The van der Waals surface area contributed by atoms with Crippen LogP contribution in [0, 0.1) is 5.92 Å². The fourth-order valence-corrected chi connectivity index (χ4v) is 2.55. The number of rotatable bonds is 5. The summed E-state index contributed by atoms with van der Waals surface area (Å²) >= 11 is 1.22. The molecule has 5 nitrogen and oxygen atoms in total. The minimum Gasteiger partial charge on any atom is -0.481 e. The molecule has 0 amide bonds. The zero-order valence-electron chi connectivity index (χ0n) is 11.6. The molecule has 18 heavy (non-hydrogen) atoms. The molecule has 102 valence electrons. The van der Waals surface area contributed by atoms with Gasteiger partial charge in [-0.2, -0.15) is 0 Å². The molecule has 0 unspecified atom stereocenters. The number of carboxylic acids is 1. The van der Waals surface area contributed by atoms with Gasteiger partial charge in [0, 0.05) is 12.0 Å². The molecule has 0 spiro atoms. The van der Waals surface area contributed by atoms with Gasteiger partial charge >= 0.3 is 5.97 Å². The van der Waals surface area contributed by atoms with Gasteiger partial charge in [-0.1, -0.05) is 25.6 Å². The van der Waals surface area contributed by atoms with E-state index in [1.165, 1.54) is 11.8 Å². The summed E-state index contributed by atoms with van der Waals surface area (Å²) in [4.78, 5) is 10.6. The largest absolute Gasteiger partial charge is 0.481 e. The Morgan fingerprint density at radius 3 is 2.44 bits per heavy atom. The van der Waals surface area contributed by atoms with Gasteiger partial charge in [0.15, 0.2) is 5.16 Å². The van der Waals surface area contributed by atoms with Gasteiger partial charge in [-0.15, -0.1) is 10.2 Å². The zero-order valence-corrected chi connectivity index (χ0v) is 12.4. The maximum absolute atomic E-state index is 10.6. The predicted molar refractivity (Wildman–Crippen MR) is 71.9 cm³/mol. The normalized spacial score (nSPS) is 12.1. The standard InChI is InChI=1S/C12H21N3O2S/c1-8(2)6-9-13-14-11(18-7-10(16)17)15(9)12(3,4)5/h8H,6-7H2,1-5H3,(H,16,17). The Bertz CT molecular complexity index is 421. The summed E-state index contributed by atoms with van der Waals surface area (Å²) in [5.74, 6) is 0.586. The number of hydrogen-bond acceptors (Lipinski definition) is 4. The highest BCUT2D eigenvalue weighted by atomic mass is 32.2. The fraction of sp³-hybridized carbons (Fsp3) is 0.750. The number of aliphatic carboxylic acids is 1. The van der Waals surface area contributed by atoms with E-state index in [9.17, 15) is 4.79 Å². The highest BCUT2D eigenvalue weighted by Gasteiger charge is 2.24. The van der Waals surface area contributed by atoms with Crippen LogP contribution in [-0.4, -0.2) is 31.6 Å². The van der Waals surface area contributed by atoms with Gasteiger partial charge in [0.1, 0.15) is 5.82 Å². The second-order valence-electron chi connectivity index (χ2n) is 5.69. The average molecular weight is 271 g/mol. The summed E-state index contributed by atoms with van der Waals surface area (Å²) in [6, 6.07) is 0. The van der Waals surface area contributed by atoms with Crippen LogP contribution in [0.1, 0.15) is 40.4 Å². The van der Waals surface area contributed by atoms with E-state index in [2.05, 4.69) is 44.8 Å². The summed E-state index contributed by atoms with van der Waals surface area (Å²) in [5, 5.41) is 17.7. The Kier molecular flexibility index (Phi) is 4.78. The number of hydrogen-bond donors (Lipinski definition) is 1. The first-order valence-corrected chi connectivity index (χ1v) is 6.99. The third-order valence-electron chi connectivity index (χ3n) is 2.29. The molecule has 0 saturated heterocycles. The van der Waals surface area contributed by atoms with Gasteiger partial charge < -0.3 is 9.67 Å². The summed E-state index contributed by atoms with van der Waals surface area (Å²) in [5.41, 5.74) is -0.144. The van der Waals surface area contributed by atoms with Crippen LogP contribution < -0.4 is 0 Å². The molecule has 0 bridgehead atoms.